The lowest BCUT2D eigenvalue weighted by atomic mass is 9.82. The molecule has 2 fully saturated rings. The van der Waals surface area contributed by atoms with E-state index >= 15 is 0 Å². The first-order valence-corrected chi connectivity index (χ1v) is 21.5. The molecule has 2 saturated heterocycles. The van der Waals surface area contributed by atoms with Gasteiger partial charge in [-0.2, -0.15) is 0 Å². The van der Waals surface area contributed by atoms with Gasteiger partial charge in [0, 0.05) is 30.3 Å². The number of ether oxygens (including phenoxy) is 2. The number of amides is 3. The van der Waals surface area contributed by atoms with Crippen LogP contribution < -0.4 is 25.5 Å². The maximum Gasteiger partial charge on any atom is 0.264 e. The Labute approximate surface area is 307 Å². The van der Waals surface area contributed by atoms with E-state index < -0.39 is 19.8 Å². The number of benzene rings is 3. The van der Waals surface area contributed by atoms with Crippen molar-refractivity contribution in [1.82, 2.24) is 10.2 Å². The van der Waals surface area contributed by atoms with Crippen molar-refractivity contribution in [2.75, 3.05) is 37.0 Å². The molecular formula is C41H50N4O6Si. The molecule has 1 spiro atoms. The molecule has 0 unspecified atom stereocenters. The molecule has 3 amide bonds. The first kappa shape index (κ1) is 36.1. The maximum absolute atomic E-state index is 14.9. The van der Waals surface area contributed by atoms with Gasteiger partial charge < -0.3 is 35.0 Å². The van der Waals surface area contributed by atoms with Crippen LogP contribution in [0.4, 0.5) is 11.4 Å². The predicted molar refractivity (Wildman–Crippen MR) is 204 cm³/mol. The molecule has 10 nitrogen and oxygen atoms in total. The first-order chi connectivity index (χ1) is 25.0. The highest BCUT2D eigenvalue weighted by Crippen LogP contribution is 2.60. The maximum atomic E-state index is 14.9. The van der Waals surface area contributed by atoms with Crippen LogP contribution in [0, 0.1) is 5.92 Å². The average molecular weight is 723 g/mol. The second-order valence-corrected chi connectivity index (χ2v) is 20.0. The number of nitrogens with zero attached hydrogens (tertiary/aromatic N) is 2. The largest absolute Gasteiger partial charge is 0.497 e. The van der Waals surface area contributed by atoms with Crippen LogP contribution in [0.5, 0.6) is 5.75 Å². The second-order valence-electron chi connectivity index (χ2n) is 15.3. The van der Waals surface area contributed by atoms with E-state index in [1.807, 2.05) is 48.5 Å². The summed E-state index contributed by atoms with van der Waals surface area (Å²) in [5, 5.41) is 18.0. The molecule has 0 saturated carbocycles. The van der Waals surface area contributed by atoms with E-state index in [1.165, 1.54) is 5.19 Å². The van der Waals surface area contributed by atoms with Crippen molar-refractivity contribution < 1.29 is 29.0 Å². The molecule has 4 aliphatic heterocycles. The van der Waals surface area contributed by atoms with Gasteiger partial charge in [-0.1, -0.05) is 67.7 Å². The number of hydrogen-bond acceptors (Lipinski definition) is 7. The van der Waals surface area contributed by atoms with Gasteiger partial charge in [-0.05, 0) is 72.8 Å². The summed E-state index contributed by atoms with van der Waals surface area (Å²) in [6.45, 7) is 12.0. The van der Waals surface area contributed by atoms with E-state index in [4.69, 9.17) is 9.47 Å². The predicted octanol–water partition coefficient (Wildman–Crippen LogP) is 4.47. The van der Waals surface area contributed by atoms with Crippen LogP contribution in [0.15, 0.2) is 79.4 Å². The zero-order chi connectivity index (χ0) is 36.8. The third-order valence-corrected chi connectivity index (χ3v) is 16.4. The van der Waals surface area contributed by atoms with Gasteiger partial charge in [0.2, 0.25) is 11.8 Å². The zero-order valence-corrected chi connectivity index (χ0v) is 31.6. The topological polar surface area (TPSA) is 120 Å². The van der Waals surface area contributed by atoms with E-state index in [0.717, 1.165) is 42.0 Å². The highest BCUT2D eigenvalue weighted by atomic mass is 28.3. The summed E-state index contributed by atoms with van der Waals surface area (Å²) in [6, 6.07) is 21.2. The van der Waals surface area contributed by atoms with Gasteiger partial charge in [0.1, 0.15) is 5.75 Å². The normalized spacial score (nSPS) is 26.7. The van der Waals surface area contributed by atoms with E-state index in [2.05, 4.69) is 55.4 Å². The number of aliphatic hydroxyl groups excluding tert-OH is 1. The summed E-state index contributed by atoms with van der Waals surface area (Å²) in [4.78, 5) is 46.1. The number of rotatable bonds is 10. The van der Waals surface area contributed by atoms with E-state index in [-0.39, 0.29) is 54.3 Å². The van der Waals surface area contributed by atoms with Crippen LogP contribution in [-0.2, 0) is 37.7 Å². The quantitative estimate of drug-likeness (QED) is 0.209. The average Bonchev–Trinajstić information content (AvgIpc) is 3.85. The number of anilines is 2. The molecule has 52 heavy (non-hydrogen) atoms. The summed E-state index contributed by atoms with van der Waals surface area (Å²) in [7, 11) is -0.873. The Morgan fingerprint density at radius 3 is 2.56 bits per heavy atom. The van der Waals surface area contributed by atoms with Gasteiger partial charge in [0.25, 0.3) is 5.91 Å². The van der Waals surface area contributed by atoms with Crippen LogP contribution in [-0.4, -0.2) is 80.8 Å². The summed E-state index contributed by atoms with van der Waals surface area (Å²) in [5.74, 6) is 0.0418. The number of carbonyl (C=O) groups is 3. The molecule has 0 bridgehead atoms. The molecular weight excluding hydrogens is 673 g/mol. The molecule has 0 aliphatic carbocycles. The van der Waals surface area contributed by atoms with Gasteiger partial charge in [0.15, 0.2) is 5.60 Å². The van der Waals surface area contributed by atoms with Crippen LogP contribution in [0.3, 0.4) is 0 Å². The minimum absolute atomic E-state index is 0.0653. The van der Waals surface area contributed by atoms with Crippen LogP contribution in [0.25, 0.3) is 0 Å². The number of nitrogens with one attached hydrogen (secondary N) is 2. The van der Waals surface area contributed by atoms with Crippen molar-refractivity contribution in [1.29, 1.82) is 0 Å². The fraction of sp³-hybridized carbons (Fsp3) is 0.439. The van der Waals surface area contributed by atoms with Crippen LogP contribution >= 0.6 is 0 Å². The van der Waals surface area contributed by atoms with Gasteiger partial charge in [-0.3, -0.25) is 14.4 Å². The molecule has 3 N–H and O–H groups in total. The lowest BCUT2D eigenvalue weighted by molar-refractivity contribution is -0.150. The SMILES string of the molecule is C=CCN1C(=O)[C@]2(O[C@H](CC(=O)N3Cc4ccccc4C[C@H]3CO)[C@@H]([Si](C)(C)c3ccc(OC)cc3)[C@@H]2C)c2cc(NC(=O)[C@H]3CCCN3)ccc21. The number of methoxy groups -OCH3 is 1. The standard InChI is InChI=1S/C41H50N4O6Si/c1-6-20-44-35-18-13-29(43-39(48)34-12-9-19-42-34)22-33(35)41(40(44)49)26(2)38(52(4,5)32-16-14-31(50-3)15-17-32)36(51-41)23-37(47)45-24-28-11-8-7-10-27(28)21-30(45)25-46/h6-8,10-11,13-18,22,26,30,34,36,38,42,46H,1,9,12,19-21,23-25H2,2-5H3,(H,43,48)/t26-,30-,34+,36+,38-,41+/m0/s1. The molecule has 11 heteroatoms. The number of fused-ring (bicyclic) bond motifs is 3. The van der Waals surface area contributed by atoms with Crippen LogP contribution in [0.2, 0.25) is 18.6 Å². The highest BCUT2D eigenvalue weighted by molar-refractivity contribution is 6.91. The molecule has 7 rings (SSSR count). The summed E-state index contributed by atoms with van der Waals surface area (Å²) in [6.07, 6.45) is 3.47. The third-order valence-electron chi connectivity index (χ3n) is 12.1. The molecule has 3 aromatic rings. The number of hydrogen-bond donors (Lipinski definition) is 3. The Bertz CT molecular complexity index is 1860. The minimum Gasteiger partial charge on any atom is -0.497 e. The van der Waals surface area contributed by atoms with Crippen molar-refractivity contribution >= 4 is 42.4 Å². The zero-order valence-electron chi connectivity index (χ0n) is 30.6. The van der Waals surface area contributed by atoms with Crippen molar-refractivity contribution in [2.45, 2.75) is 81.6 Å². The Balaban J connectivity index is 1.30. The Hall–Kier alpha value is -4.29. The molecule has 6 atom stereocenters. The summed E-state index contributed by atoms with van der Waals surface area (Å²) in [5.41, 5.74) is 2.69. The fourth-order valence-electron chi connectivity index (χ4n) is 9.37. The van der Waals surface area contributed by atoms with Gasteiger partial charge in [0.05, 0.1) is 52.1 Å². The van der Waals surface area contributed by atoms with Crippen molar-refractivity contribution in [3.63, 3.8) is 0 Å². The fourth-order valence-corrected chi connectivity index (χ4v) is 13.4. The summed E-state index contributed by atoms with van der Waals surface area (Å²) < 4.78 is 12.7. The number of aliphatic hydroxyl groups is 1. The molecule has 4 heterocycles. The van der Waals surface area contributed by atoms with Crippen molar-refractivity contribution in [3.8, 4) is 5.75 Å². The lowest BCUT2D eigenvalue weighted by Crippen LogP contribution is -2.52. The second kappa shape index (κ2) is 14.3. The lowest BCUT2D eigenvalue weighted by Gasteiger charge is -2.39. The molecule has 0 aromatic heterocycles. The van der Waals surface area contributed by atoms with E-state index in [9.17, 15) is 19.5 Å². The Morgan fingerprint density at radius 1 is 1.13 bits per heavy atom. The molecule has 274 valence electrons. The van der Waals surface area contributed by atoms with Crippen molar-refractivity contribution in [2.24, 2.45) is 5.92 Å². The Kier molecular flexibility index (Phi) is 9.90. The Morgan fingerprint density at radius 2 is 1.88 bits per heavy atom. The van der Waals surface area contributed by atoms with Gasteiger partial charge in [-0.15, -0.1) is 6.58 Å². The first-order valence-electron chi connectivity index (χ1n) is 18.4. The molecule has 4 aliphatic rings. The minimum atomic E-state index is -2.52. The third kappa shape index (κ3) is 6.07. The van der Waals surface area contributed by atoms with Crippen molar-refractivity contribution in [3.05, 3.63) is 96.1 Å². The van der Waals surface area contributed by atoms with E-state index in [0.29, 0.717) is 30.8 Å². The molecule has 0 radical (unpaired) electrons. The monoisotopic (exact) mass is 722 g/mol. The van der Waals surface area contributed by atoms with Gasteiger partial charge in [-0.25, -0.2) is 0 Å². The van der Waals surface area contributed by atoms with Crippen LogP contribution in [0.1, 0.15) is 42.9 Å². The highest BCUT2D eigenvalue weighted by Gasteiger charge is 2.66. The smallest absolute Gasteiger partial charge is 0.264 e. The van der Waals surface area contributed by atoms with Gasteiger partial charge >= 0.3 is 0 Å². The molecule has 3 aromatic carbocycles. The summed E-state index contributed by atoms with van der Waals surface area (Å²) >= 11 is 0. The number of carbonyl (C=O) groups excluding carboxylic acids is 3. The van der Waals surface area contributed by atoms with E-state index in [1.54, 1.807) is 23.0 Å².